The van der Waals surface area contributed by atoms with Crippen LogP contribution in [-0.4, -0.2) is 44.2 Å². The molecule has 1 aliphatic heterocycles. The summed E-state index contributed by atoms with van der Waals surface area (Å²) in [5.41, 5.74) is 1.64. The first-order chi connectivity index (χ1) is 12.7. The van der Waals surface area contributed by atoms with Gasteiger partial charge in [0.05, 0.1) is 11.9 Å². The average Bonchev–Trinajstić information content (AvgIpc) is 2.94. The van der Waals surface area contributed by atoms with Gasteiger partial charge in [-0.2, -0.15) is 0 Å². The summed E-state index contributed by atoms with van der Waals surface area (Å²) in [4.78, 5) is 24.3. The van der Waals surface area contributed by atoms with E-state index in [1.54, 1.807) is 31.2 Å². The molecule has 0 saturated heterocycles. The van der Waals surface area contributed by atoms with E-state index >= 15 is 0 Å². The van der Waals surface area contributed by atoms with Crippen molar-refractivity contribution >= 4 is 27.5 Å². The molecule has 0 amide bonds. The maximum Gasteiger partial charge on any atom is 0.342 e. The fourth-order valence-corrected chi connectivity index (χ4v) is 4.48. The molecule has 0 radical (unpaired) electrons. The number of carbonyl (C=O) groups excluding carboxylic acids is 2. The predicted molar refractivity (Wildman–Crippen MR) is 99.7 cm³/mol. The standard InChI is InChI=1S/C19H19NO6S/c1-12-9-14-10-13(7-8-16(14)20(12)27(2,24)25)18(22)11-26-19(23)15-5-3-4-6-17(15)21/h3-8,10,12,21H,9,11H2,1-2H3/t12-/m1/s1. The summed E-state index contributed by atoms with van der Waals surface area (Å²) in [6.45, 7) is 1.33. The maximum absolute atomic E-state index is 12.4. The first-order valence-corrected chi connectivity index (χ1v) is 10.1. The van der Waals surface area contributed by atoms with E-state index in [-0.39, 0.29) is 17.4 Å². The number of ether oxygens (including phenoxy) is 1. The van der Waals surface area contributed by atoms with Gasteiger partial charge < -0.3 is 9.84 Å². The Bertz CT molecular complexity index is 1010. The number of ketones is 1. The zero-order valence-electron chi connectivity index (χ0n) is 14.9. The smallest absolute Gasteiger partial charge is 0.342 e. The number of fused-ring (bicyclic) bond motifs is 1. The topological polar surface area (TPSA) is 101 Å². The second-order valence-corrected chi connectivity index (χ2v) is 8.33. The quantitative estimate of drug-likeness (QED) is 0.621. The van der Waals surface area contributed by atoms with E-state index in [0.29, 0.717) is 17.7 Å². The monoisotopic (exact) mass is 389 g/mol. The molecule has 8 heteroatoms. The molecular formula is C19H19NO6S. The van der Waals surface area contributed by atoms with Crippen LogP contribution in [0.5, 0.6) is 5.75 Å². The lowest BCUT2D eigenvalue weighted by Crippen LogP contribution is -2.34. The number of para-hydroxylation sites is 1. The van der Waals surface area contributed by atoms with E-state index in [1.807, 2.05) is 0 Å². The predicted octanol–water partition coefficient (Wildman–Crippen LogP) is 2.14. The summed E-state index contributed by atoms with van der Waals surface area (Å²) in [6, 6.07) is 10.4. The zero-order valence-corrected chi connectivity index (χ0v) is 15.7. The van der Waals surface area contributed by atoms with Gasteiger partial charge >= 0.3 is 5.97 Å². The van der Waals surface area contributed by atoms with Crippen molar-refractivity contribution in [3.05, 3.63) is 59.2 Å². The molecule has 1 heterocycles. The highest BCUT2D eigenvalue weighted by molar-refractivity contribution is 7.92. The highest BCUT2D eigenvalue weighted by atomic mass is 32.2. The second-order valence-electron chi connectivity index (χ2n) is 6.47. The Kier molecular flexibility index (Phi) is 4.93. The number of Topliss-reactive ketones (excluding diaryl/α,β-unsaturated/α-hetero) is 1. The fraction of sp³-hybridized carbons (Fsp3) is 0.263. The molecule has 27 heavy (non-hydrogen) atoms. The number of nitrogens with zero attached hydrogens (tertiary/aromatic N) is 1. The molecule has 1 N–H and O–H groups in total. The lowest BCUT2D eigenvalue weighted by Gasteiger charge is -2.21. The molecule has 2 aromatic rings. The third-order valence-corrected chi connectivity index (χ3v) is 5.64. The number of aromatic hydroxyl groups is 1. The van der Waals surface area contributed by atoms with E-state index in [1.165, 1.54) is 22.5 Å². The Labute approximate surface area is 157 Å². The molecule has 0 spiro atoms. The van der Waals surface area contributed by atoms with E-state index in [9.17, 15) is 23.1 Å². The van der Waals surface area contributed by atoms with Crippen molar-refractivity contribution in [3.8, 4) is 5.75 Å². The van der Waals surface area contributed by atoms with Crippen LogP contribution in [0.1, 0.15) is 33.2 Å². The van der Waals surface area contributed by atoms with Crippen LogP contribution in [0.4, 0.5) is 5.69 Å². The number of sulfonamides is 1. The summed E-state index contributed by atoms with van der Waals surface area (Å²) in [6.07, 6.45) is 1.65. The minimum atomic E-state index is -3.40. The van der Waals surface area contributed by atoms with Crippen molar-refractivity contribution < 1.29 is 27.9 Å². The molecule has 142 valence electrons. The number of hydrogen-bond donors (Lipinski definition) is 1. The maximum atomic E-state index is 12.4. The van der Waals surface area contributed by atoms with Crippen LogP contribution in [0.2, 0.25) is 0 Å². The van der Waals surface area contributed by atoms with E-state index in [0.717, 1.165) is 11.8 Å². The summed E-state index contributed by atoms with van der Waals surface area (Å²) < 4.78 is 30.2. The SMILES string of the molecule is C[C@@H]1Cc2cc(C(=O)COC(=O)c3ccccc3O)ccc2N1S(C)(=O)=O. The van der Waals surface area contributed by atoms with Crippen LogP contribution in [0.15, 0.2) is 42.5 Å². The fourth-order valence-electron chi connectivity index (χ4n) is 3.22. The first-order valence-electron chi connectivity index (χ1n) is 8.29. The lowest BCUT2D eigenvalue weighted by atomic mass is 10.0. The van der Waals surface area contributed by atoms with Crippen molar-refractivity contribution in [3.63, 3.8) is 0 Å². The number of hydrogen-bond acceptors (Lipinski definition) is 6. The summed E-state index contributed by atoms with van der Waals surface area (Å²) >= 11 is 0. The highest BCUT2D eigenvalue weighted by Gasteiger charge is 2.32. The number of carbonyl (C=O) groups is 2. The van der Waals surface area contributed by atoms with Crippen LogP contribution >= 0.6 is 0 Å². The number of esters is 1. The normalized spacial score (nSPS) is 16.1. The van der Waals surface area contributed by atoms with Gasteiger partial charge in [-0.15, -0.1) is 0 Å². The molecule has 0 aliphatic carbocycles. The number of rotatable bonds is 5. The van der Waals surface area contributed by atoms with Gasteiger partial charge in [-0.1, -0.05) is 12.1 Å². The first kappa shape index (κ1) is 18.9. The molecule has 1 atom stereocenters. The van der Waals surface area contributed by atoms with Gasteiger partial charge in [0.25, 0.3) is 0 Å². The van der Waals surface area contributed by atoms with Crippen LogP contribution < -0.4 is 4.31 Å². The lowest BCUT2D eigenvalue weighted by molar-refractivity contribution is 0.0472. The Hall–Kier alpha value is -2.87. The van der Waals surface area contributed by atoms with Crippen molar-refractivity contribution in [2.24, 2.45) is 0 Å². The third-order valence-electron chi connectivity index (χ3n) is 4.37. The second kappa shape index (κ2) is 7.03. The van der Waals surface area contributed by atoms with Crippen molar-refractivity contribution in [1.29, 1.82) is 0 Å². The van der Waals surface area contributed by atoms with Crippen LogP contribution in [0, 0.1) is 0 Å². The molecule has 0 unspecified atom stereocenters. The van der Waals surface area contributed by atoms with Gasteiger partial charge in [0.15, 0.2) is 12.4 Å². The van der Waals surface area contributed by atoms with Crippen LogP contribution in [0.25, 0.3) is 0 Å². The highest BCUT2D eigenvalue weighted by Crippen LogP contribution is 2.34. The number of anilines is 1. The van der Waals surface area contributed by atoms with Gasteiger partial charge in [0, 0.05) is 11.6 Å². The number of phenols is 1. The van der Waals surface area contributed by atoms with Crippen molar-refractivity contribution in [2.75, 3.05) is 17.2 Å². The number of benzene rings is 2. The molecule has 0 saturated carbocycles. The molecule has 3 rings (SSSR count). The Morgan fingerprint density at radius 1 is 1.22 bits per heavy atom. The molecule has 0 fully saturated rings. The molecule has 0 aromatic heterocycles. The summed E-state index contributed by atoms with van der Waals surface area (Å²) in [7, 11) is -3.40. The van der Waals surface area contributed by atoms with Gasteiger partial charge in [0.2, 0.25) is 10.0 Å². The molecular weight excluding hydrogens is 370 g/mol. The van der Waals surface area contributed by atoms with Gasteiger partial charge in [0.1, 0.15) is 11.3 Å². The summed E-state index contributed by atoms with van der Waals surface area (Å²) in [5.74, 6) is -1.42. The Morgan fingerprint density at radius 2 is 1.93 bits per heavy atom. The van der Waals surface area contributed by atoms with Crippen LogP contribution in [-0.2, 0) is 21.2 Å². The Morgan fingerprint density at radius 3 is 2.59 bits per heavy atom. The van der Waals surface area contributed by atoms with Crippen LogP contribution in [0.3, 0.4) is 0 Å². The van der Waals surface area contributed by atoms with E-state index in [4.69, 9.17) is 4.74 Å². The average molecular weight is 389 g/mol. The Balaban J connectivity index is 1.73. The van der Waals surface area contributed by atoms with Gasteiger partial charge in [-0.25, -0.2) is 13.2 Å². The zero-order chi connectivity index (χ0) is 19.8. The van der Waals surface area contributed by atoms with Crippen molar-refractivity contribution in [1.82, 2.24) is 0 Å². The molecule has 1 aliphatic rings. The van der Waals surface area contributed by atoms with E-state index in [2.05, 4.69) is 0 Å². The summed E-state index contributed by atoms with van der Waals surface area (Å²) in [5, 5.41) is 9.64. The number of phenolic OH excluding ortho intramolecular Hbond substituents is 1. The van der Waals surface area contributed by atoms with Crippen molar-refractivity contribution in [2.45, 2.75) is 19.4 Å². The van der Waals surface area contributed by atoms with Gasteiger partial charge in [-0.3, -0.25) is 9.10 Å². The minimum Gasteiger partial charge on any atom is -0.507 e. The molecule has 7 nitrogen and oxygen atoms in total. The van der Waals surface area contributed by atoms with E-state index < -0.39 is 28.4 Å². The molecule has 0 bridgehead atoms. The third kappa shape index (κ3) is 3.80. The minimum absolute atomic E-state index is 0.0168. The van der Waals surface area contributed by atoms with Gasteiger partial charge in [-0.05, 0) is 49.2 Å². The molecule has 2 aromatic carbocycles. The largest absolute Gasteiger partial charge is 0.507 e.